The molecule has 0 spiro atoms. The number of carboxylic acids is 1. The van der Waals surface area contributed by atoms with Gasteiger partial charge >= 0.3 is 5.97 Å². The fourth-order valence-corrected chi connectivity index (χ4v) is 3.40. The average Bonchev–Trinajstić information content (AvgIpc) is 3.04. The van der Waals surface area contributed by atoms with Crippen LogP contribution >= 0.6 is 0 Å². The third-order valence-electron chi connectivity index (χ3n) is 4.41. The Hall–Kier alpha value is -1.40. The van der Waals surface area contributed by atoms with Gasteiger partial charge in [0.25, 0.3) is 0 Å². The standard InChI is InChI=1S/C15H23N3O3/c1-15(21-9-14(19)20)10-17(11-15)8-12-6-7-18(16-12)13-4-2-3-5-13/h6-7,13H,2-5,8-11H2,1H3,(H,19,20). The van der Waals surface area contributed by atoms with E-state index in [2.05, 4.69) is 26.9 Å². The molecule has 21 heavy (non-hydrogen) atoms. The summed E-state index contributed by atoms with van der Waals surface area (Å²) in [6, 6.07) is 2.67. The van der Waals surface area contributed by atoms with Gasteiger partial charge in [-0.05, 0) is 25.8 Å². The number of ether oxygens (including phenoxy) is 1. The highest BCUT2D eigenvalue weighted by Gasteiger charge is 2.40. The van der Waals surface area contributed by atoms with Gasteiger partial charge in [0, 0.05) is 25.8 Å². The van der Waals surface area contributed by atoms with Crippen LogP contribution in [-0.2, 0) is 16.1 Å². The number of likely N-dealkylation sites (tertiary alicyclic amines) is 1. The van der Waals surface area contributed by atoms with Gasteiger partial charge in [0.2, 0.25) is 0 Å². The lowest BCUT2D eigenvalue weighted by Crippen LogP contribution is -2.61. The highest BCUT2D eigenvalue weighted by Crippen LogP contribution is 2.29. The summed E-state index contributed by atoms with van der Waals surface area (Å²) in [5.41, 5.74) is 0.758. The van der Waals surface area contributed by atoms with E-state index in [0.29, 0.717) is 6.04 Å². The van der Waals surface area contributed by atoms with Gasteiger partial charge in [0.05, 0.1) is 17.3 Å². The molecular weight excluding hydrogens is 270 g/mol. The van der Waals surface area contributed by atoms with Gasteiger partial charge in [-0.15, -0.1) is 0 Å². The Balaban J connectivity index is 1.47. The number of aliphatic carboxylic acids is 1. The predicted molar refractivity (Wildman–Crippen MR) is 77.0 cm³/mol. The molecule has 0 radical (unpaired) electrons. The summed E-state index contributed by atoms with van der Waals surface area (Å²) in [6.45, 7) is 4.07. The summed E-state index contributed by atoms with van der Waals surface area (Å²) in [4.78, 5) is 12.8. The molecule has 1 aliphatic carbocycles. The lowest BCUT2D eigenvalue weighted by Gasteiger charge is -2.47. The quantitative estimate of drug-likeness (QED) is 0.864. The van der Waals surface area contributed by atoms with Crippen molar-refractivity contribution in [1.29, 1.82) is 0 Å². The van der Waals surface area contributed by atoms with E-state index in [1.54, 1.807) is 0 Å². The minimum atomic E-state index is -0.912. The van der Waals surface area contributed by atoms with Crippen molar-refractivity contribution in [2.45, 2.75) is 50.8 Å². The van der Waals surface area contributed by atoms with Crippen molar-refractivity contribution in [3.63, 3.8) is 0 Å². The molecule has 2 aliphatic rings. The first kappa shape index (κ1) is 14.5. The van der Waals surface area contributed by atoms with Gasteiger partial charge < -0.3 is 9.84 Å². The first-order valence-electron chi connectivity index (χ1n) is 7.66. The van der Waals surface area contributed by atoms with Gasteiger partial charge in [-0.2, -0.15) is 5.10 Å². The number of nitrogens with zero attached hydrogens (tertiary/aromatic N) is 3. The van der Waals surface area contributed by atoms with Crippen molar-refractivity contribution in [3.8, 4) is 0 Å². The zero-order valence-electron chi connectivity index (χ0n) is 12.5. The van der Waals surface area contributed by atoms with E-state index in [9.17, 15) is 4.79 Å². The summed E-state index contributed by atoms with van der Waals surface area (Å²) in [5, 5.41) is 13.3. The number of hydrogen-bond acceptors (Lipinski definition) is 4. The molecule has 0 unspecified atom stereocenters. The van der Waals surface area contributed by atoms with Crippen molar-refractivity contribution < 1.29 is 14.6 Å². The minimum Gasteiger partial charge on any atom is -0.480 e. The Kier molecular flexibility index (Phi) is 3.99. The Morgan fingerprint density at radius 3 is 2.86 bits per heavy atom. The van der Waals surface area contributed by atoms with Crippen LogP contribution in [0.25, 0.3) is 0 Å². The SMILES string of the molecule is CC1(OCC(=O)O)CN(Cc2ccn(C3CCCC3)n2)C1. The number of hydrogen-bond donors (Lipinski definition) is 1. The molecule has 0 aromatic carbocycles. The monoisotopic (exact) mass is 293 g/mol. The van der Waals surface area contributed by atoms with Crippen molar-refractivity contribution in [3.05, 3.63) is 18.0 Å². The zero-order valence-corrected chi connectivity index (χ0v) is 12.5. The lowest BCUT2D eigenvalue weighted by atomic mass is 9.96. The summed E-state index contributed by atoms with van der Waals surface area (Å²) in [6.07, 6.45) is 7.19. The Morgan fingerprint density at radius 2 is 2.19 bits per heavy atom. The van der Waals surface area contributed by atoms with Crippen LogP contribution in [0.15, 0.2) is 12.3 Å². The molecule has 3 rings (SSSR count). The number of carbonyl (C=O) groups is 1. The largest absolute Gasteiger partial charge is 0.480 e. The van der Waals surface area contributed by atoms with Crippen LogP contribution in [-0.4, -0.2) is 51.1 Å². The highest BCUT2D eigenvalue weighted by atomic mass is 16.5. The van der Waals surface area contributed by atoms with E-state index >= 15 is 0 Å². The summed E-state index contributed by atoms with van der Waals surface area (Å²) in [7, 11) is 0. The molecule has 1 aromatic heterocycles. The first-order chi connectivity index (χ1) is 10.0. The smallest absolute Gasteiger partial charge is 0.329 e. The van der Waals surface area contributed by atoms with Gasteiger partial charge in [0.1, 0.15) is 6.61 Å². The van der Waals surface area contributed by atoms with Crippen LogP contribution in [0.3, 0.4) is 0 Å². The average molecular weight is 293 g/mol. The van der Waals surface area contributed by atoms with Crippen LogP contribution in [0.4, 0.5) is 0 Å². The molecule has 0 atom stereocenters. The van der Waals surface area contributed by atoms with Crippen LogP contribution in [0.1, 0.15) is 44.3 Å². The Bertz CT molecular complexity index is 502. The van der Waals surface area contributed by atoms with E-state index in [0.717, 1.165) is 25.3 Å². The fourth-order valence-electron chi connectivity index (χ4n) is 3.40. The zero-order chi connectivity index (χ0) is 14.9. The van der Waals surface area contributed by atoms with Crippen LogP contribution in [0.2, 0.25) is 0 Å². The van der Waals surface area contributed by atoms with Crippen molar-refractivity contribution in [1.82, 2.24) is 14.7 Å². The van der Waals surface area contributed by atoms with Gasteiger partial charge in [0.15, 0.2) is 0 Å². The van der Waals surface area contributed by atoms with E-state index in [-0.39, 0.29) is 12.2 Å². The summed E-state index contributed by atoms with van der Waals surface area (Å²) >= 11 is 0. The third kappa shape index (κ3) is 3.44. The Morgan fingerprint density at radius 1 is 1.48 bits per heavy atom. The van der Waals surface area contributed by atoms with Gasteiger partial charge in [-0.1, -0.05) is 12.8 Å². The first-order valence-corrected chi connectivity index (χ1v) is 7.66. The molecule has 2 heterocycles. The Labute approximate surface area is 124 Å². The molecule has 6 nitrogen and oxygen atoms in total. The summed E-state index contributed by atoms with van der Waals surface area (Å²) < 4.78 is 7.53. The van der Waals surface area contributed by atoms with E-state index in [4.69, 9.17) is 9.84 Å². The van der Waals surface area contributed by atoms with Gasteiger partial charge in [-0.25, -0.2) is 4.79 Å². The lowest BCUT2D eigenvalue weighted by molar-refractivity contribution is -0.165. The highest BCUT2D eigenvalue weighted by molar-refractivity contribution is 5.68. The normalized spacial score (nSPS) is 22.3. The van der Waals surface area contributed by atoms with Gasteiger partial charge in [-0.3, -0.25) is 9.58 Å². The summed E-state index contributed by atoms with van der Waals surface area (Å²) in [5.74, 6) is -0.912. The number of rotatable bonds is 6. The fraction of sp³-hybridized carbons (Fsp3) is 0.733. The molecular formula is C15H23N3O3. The molecule has 1 saturated carbocycles. The van der Waals surface area contributed by atoms with Crippen molar-refractivity contribution in [2.24, 2.45) is 0 Å². The second kappa shape index (κ2) is 5.77. The van der Waals surface area contributed by atoms with E-state index in [1.165, 1.54) is 25.7 Å². The molecule has 116 valence electrons. The second-order valence-electron chi connectivity index (χ2n) is 6.50. The molecule has 6 heteroatoms. The topological polar surface area (TPSA) is 67.6 Å². The molecule has 2 fully saturated rings. The van der Waals surface area contributed by atoms with Crippen molar-refractivity contribution >= 4 is 5.97 Å². The maximum absolute atomic E-state index is 10.5. The second-order valence-corrected chi connectivity index (χ2v) is 6.50. The molecule has 1 N–H and O–H groups in total. The maximum Gasteiger partial charge on any atom is 0.329 e. The molecule has 1 aromatic rings. The molecule has 1 aliphatic heterocycles. The van der Waals surface area contributed by atoms with Crippen LogP contribution < -0.4 is 0 Å². The van der Waals surface area contributed by atoms with E-state index < -0.39 is 5.97 Å². The predicted octanol–water partition coefficient (Wildman–Crippen LogP) is 1.67. The van der Waals surface area contributed by atoms with E-state index in [1.807, 2.05) is 6.92 Å². The minimum absolute atomic E-state index is 0.222. The third-order valence-corrected chi connectivity index (χ3v) is 4.41. The maximum atomic E-state index is 10.5. The van der Waals surface area contributed by atoms with Crippen LogP contribution in [0.5, 0.6) is 0 Å². The molecule has 0 amide bonds. The molecule has 1 saturated heterocycles. The number of carboxylic acid groups (broad SMARTS) is 1. The van der Waals surface area contributed by atoms with Crippen molar-refractivity contribution in [2.75, 3.05) is 19.7 Å². The number of aromatic nitrogens is 2. The molecule has 0 bridgehead atoms. The van der Waals surface area contributed by atoms with Crippen LogP contribution in [0, 0.1) is 0 Å².